The zero-order valence-corrected chi connectivity index (χ0v) is 10.2. The molecule has 17 heavy (non-hydrogen) atoms. The normalized spacial score (nSPS) is 29.6. The maximum Gasteiger partial charge on any atom is 0.0240 e. The summed E-state index contributed by atoms with van der Waals surface area (Å²) in [7, 11) is 0. The number of piperidine rings is 3. The van der Waals surface area contributed by atoms with Gasteiger partial charge in [0.25, 0.3) is 0 Å². The van der Waals surface area contributed by atoms with Gasteiger partial charge in [0.15, 0.2) is 0 Å². The lowest BCUT2D eigenvalue weighted by Crippen LogP contribution is -2.45. The van der Waals surface area contributed by atoms with E-state index >= 15 is 0 Å². The van der Waals surface area contributed by atoms with Crippen LogP contribution in [0.25, 0.3) is 6.08 Å². The lowest BCUT2D eigenvalue weighted by molar-refractivity contribution is 0.119. The van der Waals surface area contributed by atoms with Crippen molar-refractivity contribution in [1.82, 2.24) is 4.90 Å². The molecule has 0 aliphatic carbocycles. The van der Waals surface area contributed by atoms with E-state index in [-0.39, 0.29) is 0 Å². The monoisotopic (exact) mass is 225 g/mol. The lowest BCUT2D eigenvalue weighted by atomic mass is 9.77. The van der Waals surface area contributed by atoms with Gasteiger partial charge in [-0.25, -0.2) is 0 Å². The Morgan fingerprint density at radius 1 is 1.24 bits per heavy atom. The quantitative estimate of drug-likeness (QED) is 0.696. The Bertz CT molecular complexity index is 432. The Morgan fingerprint density at radius 3 is 2.71 bits per heavy atom. The molecule has 0 spiro atoms. The van der Waals surface area contributed by atoms with E-state index in [1.807, 2.05) is 0 Å². The standard InChI is InChI=1S/C16H19N/c1-2-14-12-17-9-8-15(14)11-16(17)10-13-6-4-3-5-7-13/h2-7,10,14-15H,1,8-9,11-12H2/b16-10-. The Labute approximate surface area is 103 Å². The van der Waals surface area contributed by atoms with E-state index in [0.717, 1.165) is 5.92 Å². The summed E-state index contributed by atoms with van der Waals surface area (Å²) in [5.41, 5.74) is 2.84. The van der Waals surface area contributed by atoms with Gasteiger partial charge >= 0.3 is 0 Å². The van der Waals surface area contributed by atoms with Gasteiger partial charge in [-0.15, -0.1) is 6.58 Å². The summed E-state index contributed by atoms with van der Waals surface area (Å²) in [4.78, 5) is 2.54. The minimum atomic E-state index is 0.705. The Balaban J connectivity index is 1.83. The minimum absolute atomic E-state index is 0.705. The number of benzene rings is 1. The van der Waals surface area contributed by atoms with Gasteiger partial charge in [-0.2, -0.15) is 0 Å². The maximum atomic E-state index is 3.97. The highest BCUT2D eigenvalue weighted by molar-refractivity contribution is 5.52. The average Bonchev–Trinajstić information content (AvgIpc) is 2.40. The third kappa shape index (κ3) is 2.02. The molecule has 1 nitrogen and oxygen atoms in total. The SMILES string of the molecule is C=CC1CN2CCC1C/C2=C/c1ccccc1. The molecule has 3 saturated heterocycles. The summed E-state index contributed by atoms with van der Waals surface area (Å²) < 4.78 is 0. The zero-order valence-electron chi connectivity index (χ0n) is 10.2. The fourth-order valence-electron chi connectivity index (χ4n) is 3.10. The van der Waals surface area contributed by atoms with Gasteiger partial charge < -0.3 is 4.90 Å². The van der Waals surface area contributed by atoms with Crippen LogP contribution >= 0.6 is 0 Å². The Kier molecular flexibility index (Phi) is 2.76. The molecule has 3 fully saturated rings. The van der Waals surface area contributed by atoms with Gasteiger partial charge in [-0.3, -0.25) is 0 Å². The van der Waals surface area contributed by atoms with Crippen molar-refractivity contribution in [2.45, 2.75) is 12.8 Å². The van der Waals surface area contributed by atoms with Crippen LogP contribution in [0.5, 0.6) is 0 Å². The third-order valence-corrected chi connectivity index (χ3v) is 4.12. The smallest absolute Gasteiger partial charge is 0.0240 e. The van der Waals surface area contributed by atoms with Crippen LogP contribution in [0.3, 0.4) is 0 Å². The molecule has 2 bridgehead atoms. The fraction of sp³-hybridized carbons (Fsp3) is 0.375. The summed E-state index contributed by atoms with van der Waals surface area (Å²) in [6, 6.07) is 10.6. The van der Waals surface area contributed by atoms with Crippen molar-refractivity contribution in [3.05, 3.63) is 54.2 Å². The molecule has 3 aliphatic heterocycles. The summed E-state index contributed by atoms with van der Waals surface area (Å²) in [6.45, 7) is 6.37. The van der Waals surface area contributed by atoms with Gasteiger partial charge in [0.05, 0.1) is 0 Å². The highest BCUT2D eigenvalue weighted by Gasteiger charge is 2.34. The van der Waals surface area contributed by atoms with Crippen molar-refractivity contribution >= 4 is 6.08 Å². The highest BCUT2D eigenvalue weighted by Crippen LogP contribution is 2.39. The number of rotatable bonds is 2. The van der Waals surface area contributed by atoms with E-state index in [2.05, 4.69) is 54.0 Å². The van der Waals surface area contributed by atoms with E-state index in [9.17, 15) is 0 Å². The Morgan fingerprint density at radius 2 is 2.06 bits per heavy atom. The van der Waals surface area contributed by atoms with E-state index < -0.39 is 0 Å². The first-order valence-corrected chi connectivity index (χ1v) is 6.50. The van der Waals surface area contributed by atoms with Crippen LogP contribution < -0.4 is 0 Å². The van der Waals surface area contributed by atoms with Crippen LogP contribution in [0.2, 0.25) is 0 Å². The van der Waals surface area contributed by atoms with Crippen molar-refractivity contribution in [3.63, 3.8) is 0 Å². The summed E-state index contributed by atoms with van der Waals surface area (Å²) >= 11 is 0. The molecule has 0 saturated carbocycles. The second-order valence-corrected chi connectivity index (χ2v) is 5.14. The Hall–Kier alpha value is -1.50. The highest BCUT2D eigenvalue weighted by atomic mass is 15.2. The summed E-state index contributed by atoms with van der Waals surface area (Å²) in [5.74, 6) is 1.53. The van der Waals surface area contributed by atoms with Crippen LogP contribution in [-0.2, 0) is 0 Å². The zero-order chi connectivity index (χ0) is 11.7. The molecule has 0 N–H and O–H groups in total. The molecule has 0 aromatic heterocycles. The topological polar surface area (TPSA) is 3.24 Å². The van der Waals surface area contributed by atoms with Gasteiger partial charge in [-0.1, -0.05) is 36.4 Å². The van der Waals surface area contributed by atoms with Gasteiger partial charge in [0, 0.05) is 18.8 Å². The predicted molar refractivity (Wildman–Crippen MR) is 72.4 cm³/mol. The van der Waals surface area contributed by atoms with Crippen molar-refractivity contribution < 1.29 is 0 Å². The molecule has 1 heteroatoms. The van der Waals surface area contributed by atoms with Crippen molar-refractivity contribution in [3.8, 4) is 0 Å². The second-order valence-electron chi connectivity index (χ2n) is 5.14. The lowest BCUT2D eigenvalue weighted by Gasteiger charge is -2.46. The number of hydrogen-bond donors (Lipinski definition) is 0. The number of hydrogen-bond acceptors (Lipinski definition) is 1. The molecule has 3 heterocycles. The molecule has 2 atom stereocenters. The van der Waals surface area contributed by atoms with Crippen LogP contribution in [0.15, 0.2) is 48.7 Å². The maximum absolute atomic E-state index is 3.97. The molecule has 3 aliphatic rings. The molecule has 0 amide bonds. The molecule has 88 valence electrons. The molecule has 2 unspecified atom stereocenters. The van der Waals surface area contributed by atoms with Crippen LogP contribution in [-0.4, -0.2) is 18.0 Å². The summed E-state index contributed by atoms with van der Waals surface area (Å²) in [5, 5.41) is 0. The molecule has 1 aromatic rings. The summed E-state index contributed by atoms with van der Waals surface area (Å²) in [6.07, 6.45) is 7.07. The van der Waals surface area contributed by atoms with Gasteiger partial charge in [-0.05, 0) is 36.3 Å². The first-order valence-electron chi connectivity index (χ1n) is 6.50. The van der Waals surface area contributed by atoms with Gasteiger partial charge in [0.1, 0.15) is 0 Å². The van der Waals surface area contributed by atoms with Crippen molar-refractivity contribution in [1.29, 1.82) is 0 Å². The molecular formula is C16H19N. The minimum Gasteiger partial charge on any atom is -0.374 e. The second kappa shape index (κ2) is 4.40. The first-order chi connectivity index (χ1) is 8.36. The van der Waals surface area contributed by atoms with Gasteiger partial charge in [0.2, 0.25) is 0 Å². The van der Waals surface area contributed by atoms with E-state index in [1.165, 1.54) is 37.2 Å². The van der Waals surface area contributed by atoms with E-state index in [1.54, 1.807) is 0 Å². The van der Waals surface area contributed by atoms with Crippen LogP contribution in [0.4, 0.5) is 0 Å². The van der Waals surface area contributed by atoms with Crippen molar-refractivity contribution in [2.24, 2.45) is 11.8 Å². The number of fused-ring (bicyclic) bond motifs is 3. The molecular weight excluding hydrogens is 206 g/mol. The molecule has 4 rings (SSSR count). The van der Waals surface area contributed by atoms with E-state index in [0.29, 0.717) is 5.92 Å². The molecule has 1 aromatic carbocycles. The molecule has 0 radical (unpaired) electrons. The van der Waals surface area contributed by atoms with Crippen LogP contribution in [0, 0.1) is 11.8 Å². The average molecular weight is 225 g/mol. The van der Waals surface area contributed by atoms with Crippen LogP contribution in [0.1, 0.15) is 18.4 Å². The number of nitrogens with zero attached hydrogens (tertiary/aromatic N) is 1. The first kappa shape index (κ1) is 10.6. The fourth-order valence-corrected chi connectivity index (χ4v) is 3.10. The third-order valence-electron chi connectivity index (χ3n) is 4.12. The number of allylic oxidation sites excluding steroid dienone is 1. The largest absolute Gasteiger partial charge is 0.374 e. The predicted octanol–water partition coefficient (Wildman–Crippen LogP) is 3.56. The van der Waals surface area contributed by atoms with E-state index in [4.69, 9.17) is 0 Å². The van der Waals surface area contributed by atoms with Crippen molar-refractivity contribution in [2.75, 3.05) is 13.1 Å².